The van der Waals surface area contributed by atoms with Crippen LogP contribution in [0.15, 0.2) is 29.2 Å². The summed E-state index contributed by atoms with van der Waals surface area (Å²) in [7, 11) is -3.63. The second kappa shape index (κ2) is 8.64. The number of rotatable bonds is 6. The second-order valence-corrected chi connectivity index (χ2v) is 8.41. The van der Waals surface area contributed by atoms with Crippen molar-refractivity contribution in [1.29, 1.82) is 0 Å². The molecular weight excluding hydrogens is 340 g/mol. The molecule has 2 rings (SSSR count). The summed E-state index contributed by atoms with van der Waals surface area (Å²) in [5, 5.41) is 8.05. The van der Waals surface area contributed by atoms with Gasteiger partial charge in [0.2, 0.25) is 10.0 Å². The van der Waals surface area contributed by atoms with Crippen molar-refractivity contribution in [2.45, 2.75) is 25.2 Å². The Morgan fingerprint density at radius 3 is 2.28 bits per heavy atom. The summed E-state index contributed by atoms with van der Waals surface area (Å²) in [4.78, 5) is 16.4. The second-order valence-electron chi connectivity index (χ2n) is 6.85. The Bertz CT molecular complexity index is 666. The highest BCUT2D eigenvalue weighted by molar-refractivity contribution is 7.89. The van der Waals surface area contributed by atoms with E-state index in [0.717, 1.165) is 44.7 Å². The lowest BCUT2D eigenvalue weighted by Gasteiger charge is -2.34. The maximum atomic E-state index is 12.0. The van der Waals surface area contributed by atoms with E-state index < -0.39 is 10.0 Å². The van der Waals surface area contributed by atoms with Gasteiger partial charge in [-0.1, -0.05) is 26.0 Å². The lowest BCUT2D eigenvalue weighted by atomic mass is 10.1. The van der Waals surface area contributed by atoms with Gasteiger partial charge in [-0.25, -0.2) is 18.4 Å². The molecule has 25 heavy (non-hydrogen) atoms. The number of hydrogen-bond acceptors (Lipinski definition) is 4. The third kappa shape index (κ3) is 6.30. The van der Waals surface area contributed by atoms with Crippen LogP contribution in [0.2, 0.25) is 0 Å². The molecule has 0 saturated carbocycles. The minimum Gasteiger partial charge on any atom is -0.338 e. The molecule has 1 aliphatic heterocycles. The highest BCUT2D eigenvalue weighted by Gasteiger charge is 2.20. The van der Waals surface area contributed by atoms with Gasteiger partial charge in [-0.2, -0.15) is 0 Å². The number of nitrogens with one attached hydrogen (secondary N) is 1. The van der Waals surface area contributed by atoms with Gasteiger partial charge in [0.1, 0.15) is 0 Å². The molecular formula is C17H28N4O3S. The first kappa shape index (κ1) is 19.7. The van der Waals surface area contributed by atoms with Crippen LogP contribution in [0.4, 0.5) is 4.79 Å². The van der Waals surface area contributed by atoms with Crippen molar-refractivity contribution in [3.05, 3.63) is 29.8 Å². The molecule has 0 radical (unpaired) electrons. The largest absolute Gasteiger partial charge is 0.338 e. The fourth-order valence-electron chi connectivity index (χ4n) is 2.71. The summed E-state index contributed by atoms with van der Waals surface area (Å²) in [5.41, 5.74) is 1.07. The zero-order chi connectivity index (χ0) is 18.4. The number of sulfonamides is 1. The lowest BCUT2D eigenvalue weighted by molar-refractivity contribution is 0.139. The Balaban J connectivity index is 1.74. The average Bonchev–Trinajstić information content (AvgIpc) is 2.58. The van der Waals surface area contributed by atoms with Gasteiger partial charge >= 0.3 is 6.03 Å². The summed E-state index contributed by atoms with van der Waals surface area (Å²) < 4.78 is 22.5. The predicted molar refractivity (Wildman–Crippen MR) is 97.8 cm³/mol. The Hall–Kier alpha value is -1.64. The van der Waals surface area contributed by atoms with Crippen LogP contribution in [0, 0.1) is 5.92 Å². The molecule has 140 valence electrons. The molecule has 3 N–H and O–H groups in total. The maximum absolute atomic E-state index is 12.0. The molecule has 0 unspecified atom stereocenters. The molecule has 1 aromatic carbocycles. The zero-order valence-corrected chi connectivity index (χ0v) is 15.8. The van der Waals surface area contributed by atoms with E-state index in [1.54, 1.807) is 24.3 Å². The molecule has 7 nitrogen and oxygen atoms in total. The highest BCUT2D eigenvalue weighted by atomic mass is 32.2. The van der Waals surface area contributed by atoms with E-state index in [4.69, 9.17) is 5.14 Å². The van der Waals surface area contributed by atoms with Crippen molar-refractivity contribution in [2.75, 3.05) is 39.3 Å². The topological polar surface area (TPSA) is 95.7 Å². The van der Waals surface area contributed by atoms with Gasteiger partial charge in [0.15, 0.2) is 0 Å². The fourth-order valence-corrected chi connectivity index (χ4v) is 3.23. The number of amides is 2. The molecule has 0 spiro atoms. The van der Waals surface area contributed by atoms with Gasteiger partial charge in [-0.05, 0) is 30.0 Å². The molecule has 1 aliphatic rings. The first-order valence-corrected chi connectivity index (χ1v) is 10.2. The number of hydrogen-bond donors (Lipinski definition) is 2. The van der Waals surface area contributed by atoms with Crippen molar-refractivity contribution in [2.24, 2.45) is 11.1 Å². The minimum atomic E-state index is -3.63. The summed E-state index contributed by atoms with van der Waals surface area (Å²) >= 11 is 0. The summed E-state index contributed by atoms with van der Waals surface area (Å²) in [5.74, 6) is 0.450. The van der Waals surface area contributed by atoms with Gasteiger partial charge in [0.25, 0.3) is 0 Å². The predicted octanol–water partition coefficient (Wildman–Crippen LogP) is 0.860. The Morgan fingerprint density at radius 1 is 1.16 bits per heavy atom. The first-order chi connectivity index (χ1) is 11.8. The monoisotopic (exact) mass is 368 g/mol. The van der Waals surface area contributed by atoms with E-state index in [1.165, 1.54) is 0 Å². The Labute approximate surface area is 150 Å². The smallest absolute Gasteiger partial charge is 0.317 e. The van der Waals surface area contributed by atoms with Gasteiger partial charge in [-0.15, -0.1) is 0 Å². The summed E-state index contributed by atoms with van der Waals surface area (Å²) in [6.45, 7) is 8.91. The average molecular weight is 369 g/mol. The number of urea groups is 1. The quantitative estimate of drug-likeness (QED) is 0.778. The standard InChI is InChI=1S/C17H28N4O3S/c1-14(2)13-19-17(22)21-11-9-20(10-12-21)8-7-15-3-5-16(6-4-15)25(18,23)24/h3-6,14H,7-13H2,1-2H3,(H,19,22)(H2,18,23,24). The molecule has 1 aromatic rings. The zero-order valence-electron chi connectivity index (χ0n) is 14.9. The third-order valence-electron chi connectivity index (χ3n) is 4.29. The lowest BCUT2D eigenvalue weighted by Crippen LogP contribution is -2.52. The van der Waals surface area contributed by atoms with Crippen LogP contribution in [0.25, 0.3) is 0 Å². The van der Waals surface area contributed by atoms with Crippen molar-refractivity contribution >= 4 is 16.1 Å². The SMILES string of the molecule is CC(C)CNC(=O)N1CCN(CCc2ccc(S(N)(=O)=O)cc2)CC1. The van der Waals surface area contributed by atoms with Gasteiger partial charge in [-0.3, -0.25) is 4.90 Å². The number of benzene rings is 1. The Kier molecular flexibility index (Phi) is 6.80. The van der Waals surface area contributed by atoms with Crippen LogP contribution in [-0.2, 0) is 16.4 Å². The van der Waals surface area contributed by atoms with Crippen LogP contribution in [-0.4, -0.2) is 63.5 Å². The summed E-state index contributed by atoms with van der Waals surface area (Å²) in [6.07, 6.45) is 0.838. The number of primary sulfonamides is 1. The molecule has 0 aromatic heterocycles. The van der Waals surface area contributed by atoms with Gasteiger partial charge in [0, 0.05) is 39.3 Å². The number of carbonyl (C=O) groups is 1. The van der Waals surface area contributed by atoms with E-state index in [9.17, 15) is 13.2 Å². The minimum absolute atomic E-state index is 0.0203. The molecule has 1 saturated heterocycles. The molecule has 1 heterocycles. The molecule has 0 aliphatic carbocycles. The fraction of sp³-hybridized carbons (Fsp3) is 0.588. The first-order valence-electron chi connectivity index (χ1n) is 8.62. The molecule has 1 fully saturated rings. The van der Waals surface area contributed by atoms with Crippen LogP contribution in [0.3, 0.4) is 0 Å². The third-order valence-corrected chi connectivity index (χ3v) is 5.22. The molecule has 8 heteroatoms. The van der Waals surface area contributed by atoms with Crippen molar-refractivity contribution in [3.8, 4) is 0 Å². The Morgan fingerprint density at radius 2 is 1.76 bits per heavy atom. The number of piperazine rings is 1. The van der Waals surface area contributed by atoms with Crippen LogP contribution in [0.1, 0.15) is 19.4 Å². The van der Waals surface area contributed by atoms with Crippen LogP contribution < -0.4 is 10.5 Å². The molecule has 2 amide bonds. The van der Waals surface area contributed by atoms with Gasteiger partial charge in [0.05, 0.1) is 4.90 Å². The van der Waals surface area contributed by atoms with E-state index >= 15 is 0 Å². The highest BCUT2D eigenvalue weighted by Crippen LogP contribution is 2.10. The number of carbonyl (C=O) groups excluding carboxylic acids is 1. The van der Waals surface area contributed by atoms with E-state index in [2.05, 4.69) is 24.1 Å². The summed E-state index contributed by atoms with van der Waals surface area (Å²) in [6, 6.07) is 6.71. The normalized spacial score (nSPS) is 16.2. The maximum Gasteiger partial charge on any atom is 0.317 e. The number of nitrogens with zero attached hydrogens (tertiary/aromatic N) is 2. The molecule has 0 atom stereocenters. The van der Waals surface area contributed by atoms with E-state index in [-0.39, 0.29) is 10.9 Å². The van der Waals surface area contributed by atoms with Crippen LogP contribution in [0.5, 0.6) is 0 Å². The van der Waals surface area contributed by atoms with Crippen LogP contribution >= 0.6 is 0 Å². The number of nitrogens with two attached hydrogens (primary N) is 1. The molecule has 0 bridgehead atoms. The van der Waals surface area contributed by atoms with Crippen molar-refractivity contribution in [1.82, 2.24) is 15.1 Å². The van der Waals surface area contributed by atoms with E-state index in [0.29, 0.717) is 12.5 Å². The van der Waals surface area contributed by atoms with Crippen molar-refractivity contribution in [3.63, 3.8) is 0 Å². The van der Waals surface area contributed by atoms with E-state index in [1.807, 2.05) is 4.90 Å². The van der Waals surface area contributed by atoms with Crippen molar-refractivity contribution < 1.29 is 13.2 Å². The van der Waals surface area contributed by atoms with Gasteiger partial charge < -0.3 is 10.2 Å².